The molecule has 4 rings (SSSR count). The van der Waals surface area contributed by atoms with E-state index in [0.717, 1.165) is 38.3 Å². The van der Waals surface area contributed by atoms with E-state index >= 15 is 0 Å². The minimum Gasteiger partial charge on any atom is -0.369 e. The molecular formula is C30H45N5O4. The first-order valence-corrected chi connectivity index (χ1v) is 14.6. The number of rotatable bonds is 9. The van der Waals surface area contributed by atoms with Gasteiger partial charge in [0.2, 0.25) is 11.8 Å². The Labute approximate surface area is 232 Å². The molecule has 3 saturated heterocycles. The highest BCUT2D eigenvalue weighted by molar-refractivity contribution is 6.01. The zero-order valence-corrected chi connectivity index (χ0v) is 24.2. The Morgan fingerprint density at radius 3 is 2.26 bits per heavy atom. The third-order valence-corrected chi connectivity index (χ3v) is 8.55. The van der Waals surface area contributed by atoms with Gasteiger partial charge in [-0.15, -0.1) is 0 Å². The molecule has 3 aliphatic rings. The van der Waals surface area contributed by atoms with Crippen LogP contribution in [0, 0.1) is 11.8 Å². The Bertz CT molecular complexity index is 1050. The van der Waals surface area contributed by atoms with Crippen LogP contribution in [0.4, 0.5) is 5.69 Å². The third-order valence-electron chi connectivity index (χ3n) is 8.55. The van der Waals surface area contributed by atoms with Crippen molar-refractivity contribution in [3.63, 3.8) is 0 Å². The summed E-state index contributed by atoms with van der Waals surface area (Å²) in [4.78, 5) is 60.8. The molecule has 1 N–H and O–H groups in total. The molecule has 3 aliphatic heterocycles. The second-order valence-corrected chi connectivity index (χ2v) is 12.0. The van der Waals surface area contributed by atoms with Crippen LogP contribution in [0.3, 0.4) is 0 Å². The number of hydrogen-bond donors (Lipinski definition) is 1. The number of carbonyl (C=O) groups excluding carboxylic acids is 4. The molecule has 0 saturated carbocycles. The van der Waals surface area contributed by atoms with Crippen LogP contribution in [0.1, 0.15) is 63.7 Å². The first-order valence-electron chi connectivity index (χ1n) is 14.6. The Kier molecular flexibility index (Phi) is 9.31. The van der Waals surface area contributed by atoms with Crippen molar-refractivity contribution in [1.29, 1.82) is 0 Å². The molecule has 0 aromatic heterocycles. The minimum absolute atomic E-state index is 0.00782. The first kappa shape index (κ1) is 29.1. The maximum atomic E-state index is 13.8. The van der Waals surface area contributed by atoms with Crippen LogP contribution in [0.5, 0.6) is 0 Å². The highest BCUT2D eigenvalue weighted by atomic mass is 16.2. The predicted molar refractivity (Wildman–Crippen MR) is 152 cm³/mol. The van der Waals surface area contributed by atoms with Crippen molar-refractivity contribution in [2.45, 2.75) is 71.5 Å². The third kappa shape index (κ3) is 6.62. The van der Waals surface area contributed by atoms with Crippen LogP contribution >= 0.6 is 0 Å². The van der Waals surface area contributed by atoms with Gasteiger partial charge in [-0.3, -0.25) is 19.2 Å². The van der Waals surface area contributed by atoms with E-state index in [2.05, 4.69) is 29.1 Å². The number of Topliss-reactive ketones (excluding diaryl/α,β-unsaturated/α-hetero) is 1. The van der Waals surface area contributed by atoms with E-state index in [-0.39, 0.29) is 47.9 Å². The normalized spacial score (nSPS) is 23.2. The lowest BCUT2D eigenvalue weighted by atomic mass is 10.0. The standard InChI is InChI=1S/C30H45N5O4/c1-6-21(4)18-27(37)35-19-26(36)28-25(35)11-12-34(28)30(39)24(17-20(2)3)31-29(38)22-7-9-23(10-8-22)33-15-13-32(5)14-16-33/h7-10,20-21,24-25,28H,6,11-19H2,1-5H3,(H,31,38). The average molecular weight is 540 g/mol. The van der Waals surface area contributed by atoms with E-state index in [1.807, 2.05) is 45.0 Å². The Morgan fingerprint density at radius 1 is 0.974 bits per heavy atom. The summed E-state index contributed by atoms with van der Waals surface area (Å²) in [5, 5.41) is 2.97. The number of nitrogens with zero attached hydrogens (tertiary/aromatic N) is 4. The number of piperazine rings is 1. The summed E-state index contributed by atoms with van der Waals surface area (Å²) in [6, 6.07) is 5.94. The molecule has 0 aliphatic carbocycles. The molecule has 4 atom stereocenters. The fourth-order valence-corrected chi connectivity index (χ4v) is 5.97. The molecule has 39 heavy (non-hydrogen) atoms. The number of likely N-dealkylation sites (tertiary alicyclic amines) is 2. The number of amides is 3. The maximum Gasteiger partial charge on any atom is 0.251 e. The van der Waals surface area contributed by atoms with Crippen LogP contribution in [0.15, 0.2) is 24.3 Å². The number of hydrogen-bond acceptors (Lipinski definition) is 6. The fourth-order valence-electron chi connectivity index (χ4n) is 5.97. The maximum absolute atomic E-state index is 13.8. The van der Waals surface area contributed by atoms with Crippen molar-refractivity contribution in [2.75, 3.05) is 51.2 Å². The molecular weight excluding hydrogens is 494 g/mol. The smallest absolute Gasteiger partial charge is 0.251 e. The molecule has 1 aromatic rings. The molecule has 4 unspecified atom stereocenters. The number of anilines is 1. The number of fused-ring (bicyclic) bond motifs is 1. The lowest BCUT2D eigenvalue weighted by molar-refractivity contribution is -0.138. The molecule has 9 heteroatoms. The lowest BCUT2D eigenvalue weighted by Crippen LogP contribution is -2.53. The molecule has 214 valence electrons. The van der Waals surface area contributed by atoms with Crippen LogP contribution in [0.2, 0.25) is 0 Å². The number of nitrogens with one attached hydrogen (secondary N) is 1. The van der Waals surface area contributed by atoms with Crippen LogP contribution in [0.25, 0.3) is 0 Å². The Morgan fingerprint density at radius 2 is 1.64 bits per heavy atom. The van der Waals surface area contributed by atoms with Crippen molar-refractivity contribution in [3.05, 3.63) is 29.8 Å². The second kappa shape index (κ2) is 12.5. The predicted octanol–water partition coefficient (Wildman–Crippen LogP) is 2.40. The summed E-state index contributed by atoms with van der Waals surface area (Å²) in [6.07, 6.45) is 2.38. The molecule has 0 spiro atoms. The van der Waals surface area contributed by atoms with Crippen LogP contribution in [-0.4, -0.2) is 103 Å². The summed E-state index contributed by atoms with van der Waals surface area (Å²) in [7, 11) is 2.12. The number of likely N-dealkylation sites (N-methyl/N-ethyl adjacent to an activating group) is 1. The van der Waals surface area contributed by atoms with E-state index in [1.54, 1.807) is 9.80 Å². The van der Waals surface area contributed by atoms with Crippen molar-refractivity contribution < 1.29 is 19.2 Å². The van der Waals surface area contributed by atoms with Gasteiger partial charge >= 0.3 is 0 Å². The van der Waals surface area contributed by atoms with Gasteiger partial charge in [-0.25, -0.2) is 0 Å². The quantitative estimate of drug-likeness (QED) is 0.518. The average Bonchev–Trinajstić information content (AvgIpc) is 3.49. The molecule has 0 radical (unpaired) electrons. The van der Waals surface area contributed by atoms with Gasteiger partial charge in [0, 0.05) is 50.4 Å². The highest BCUT2D eigenvalue weighted by Gasteiger charge is 2.52. The molecule has 3 fully saturated rings. The van der Waals surface area contributed by atoms with Crippen LogP contribution < -0.4 is 10.2 Å². The highest BCUT2D eigenvalue weighted by Crippen LogP contribution is 2.32. The number of benzene rings is 1. The summed E-state index contributed by atoms with van der Waals surface area (Å²) < 4.78 is 0. The first-order chi connectivity index (χ1) is 18.6. The monoisotopic (exact) mass is 539 g/mol. The molecule has 0 bridgehead atoms. The van der Waals surface area contributed by atoms with Crippen molar-refractivity contribution in [3.8, 4) is 0 Å². The molecule has 9 nitrogen and oxygen atoms in total. The topological polar surface area (TPSA) is 93.3 Å². The van der Waals surface area contributed by atoms with Crippen molar-refractivity contribution in [2.24, 2.45) is 11.8 Å². The summed E-state index contributed by atoms with van der Waals surface area (Å²) >= 11 is 0. The van der Waals surface area contributed by atoms with Gasteiger partial charge in [-0.1, -0.05) is 34.1 Å². The van der Waals surface area contributed by atoms with Crippen molar-refractivity contribution in [1.82, 2.24) is 20.0 Å². The summed E-state index contributed by atoms with van der Waals surface area (Å²) in [6.45, 7) is 12.5. The zero-order valence-electron chi connectivity index (χ0n) is 24.2. The Hall–Kier alpha value is -2.94. The van der Waals surface area contributed by atoms with Gasteiger partial charge in [0.15, 0.2) is 5.78 Å². The van der Waals surface area contributed by atoms with Gasteiger partial charge in [-0.2, -0.15) is 0 Å². The summed E-state index contributed by atoms with van der Waals surface area (Å²) in [5.41, 5.74) is 1.59. The van der Waals surface area contributed by atoms with E-state index in [0.29, 0.717) is 31.4 Å². The Balaban J connectivity index is 1.43. The number of ketones is 1. The molecule has 1 aromatic carbocycles. The zero-order chi connectivity index (χ0) is 28.3. The molecule has 3 heterocycles. The van der Waals surface area contributed by atoms with Gasteiger partial charge in [0.05, 0.1) is 12.6 Å². The number of carbonyl (C=O) groups is 4. The van der Waals surface area contributed by atoms with Gasteiger partial charge in [-0.05, 0) is 56.0 Å². The largest absolute Gasteiger partial charge is 0.369 e. The fraction of sp³-hybridized carbons (Fsp3) is 0.667. The van der Waals surface area contributed by atoms with Gasteiger partial charge in [0.1, 0.15) is 12.1 Å². The van der Waals surface area contributed by atoms with Gasteiger partial charge in [0.25, 0.3) is 5.91 Å². The summed E-state index contributed by atoms with van der Waals surface area (Å²) in [5.74, 6) is -0.192. The molecule has 3 amide bonds. The van der Waals surface area contributed by atoms with Crippen LogP contribution in [-0.2, 0) is 14.4 Å². The SMILES string of the molecule is CCC(C)CC(=O)N1CC(=O)C2C1CCN2C(=O)C(CC(C)C)NC(=O)c1ccc(N2CCN(C)CC2)cc1. The van der Waals surface area contributed by atoms with Crippen molar-refractivity contribution >= 4 is 29.2 Å². The second-order valence-electron chi connectivity index (χ2n) is 12.0. The lowest BCUT2D eigenvalue weighted by Gasteiger charge is -2.34. The van der Waals surface area contributed by atoms with E-state index < -0.39 is 12.1 Å². The minimum atomic E-state index is -0.730. The van der Waals surface area contributed by atoms with E-state index in [9.17, 15) is 19.2 Å². The van der Waals surface area contributed by atoms with E-state index in [4.69, 9.17) is 0 Å². The van der Waals surface area contributed by atoms with Gasteiger partial charge < -0.3 is 24.9 Å². The van der Waals surface area contributed by atoms with E-state index in [1.165, 1.54) is 0 Å².